The Bertz CT molecular complexity index is 517. The smallest absolute Gasteiger partial charge is 0.307 e. The second-order valence-corrected chi connectivity index (χ2v) is 6.44. The molecule has 114 valence electrons. The van der Waals surface area contributed by atoms with Crippen LogP contribution in [0.25, 0.3) is 0 Å². The number of fused-ring (bicyclic) bond motifs is 1. The highest BCUT2D eigenvalue weighted by Crippen LogP contribution is 2.48. The minimum absolute atomic E-state index is 0.168. The number of carbonyl (C=O) groups is 1. The van der Waals surface area contributed by atoms with Gasteiger partial charge in [0.1, 0.15) is 5.75 Å². The maximum Gasteiger partial charge on any atom is 0.307 e. The van der Waals surface area contributed by atoms with Crippen molar-refractivity contribution >= 4 is 5.97 Å². The molecule has 2 atom stereocenters. The third-order valence-corrected chi connectivity index (χ3v) is 5.36. The Morgan fingerprint density at radius 2 is 1.95 bits per heavy atom. The van der Waals surface area contributed by atoms with Crippen LogP contribution in [-0.2, 0) is 11.2 Å². The summed E-state index contributed by atoms with van der Waals surface area (Å²) in [7, 11) is 1.70. The second-order valence-electron chi connectivity index (χ2n) is 6.44. The Hall–Kier alpha value is -1.51. The number of aliphatic carboxylic acids is 1. The van der Waals surface area contributed by atoms with Crippen molar-refractivity contribution in [1.29, 1.82) is 0 Å². The van der Waals surface area contributed by atoms with Crippen LogP contribution < -0.4 is 4.74 Å². The number of methoxy groups -OCH3 is 1. The molecule has 2 aliphatic rings. The number of benzene rings is 1. The Labute approximate surface area is 126 Å². The van der Waals surface area contributed by atoms with Crippen LogP contribution in [0.15, 0.2) is 18.2 Å². The molecule has 0 spiro atoms. The predicted molar refractivity (Wildman–Crippen MR) is 81.8 cm³/mol. The van der Waals surface area contributed by atoms with Crippen molar-refractivity contribution in [1.82, 2.24) is 0 Å². The summed E-state index contributed by atoms with van der Waals surface area (Å²) in [6.07, 6.45) is 7.69. The minimum Gasteiger partial charge on any atom is -0.496 e. The van der Waals surface area contributed by atoms with Crippen LogP contribution >= 0.6 is 0 Å². The predicted octanol–water partition coefficient (Wildman–Crippen LogP) is 4.01. The van der Waals surface area contributed by atoms with Gasteiger partial charge in [0.15, 0.2) is 0 Å². The van der Waals surface area contributed by atoms with Crippen molar-refractivity contribution in [2.75, 3.05) is 7.11 Å². The van der Waals surface area contributed by atoms with E-state index in [-0.39, 0.29) is 11.8 Å². The molecular formula is C18H24O3. The maximum absolute atomic E-state index is 11.7. The fourth-order valence-corrected chi connectivity index (χ4v) is 4.40. The zero-order valence-corrected chi connectivity index (χ0v) is 12.7. The van der Waals surface area contributed by atoms with Crippen molar-refractivity contribution in [3.8, 4) is 5.75 Å². The van der Waals surface area contributed by atoms with Crippen LogP contribution in [0, 0.1) is 11.8 Å². The van der Waals surface area contributed by atoms with Gasteiger partial charge in [-0.15, -0.1) is 0 Å². The van der Waals surface area contributed by atoms with Gasteiger partial charge in [-0.05, 0) is 48.8 Å². The summed E-state index contributed by atoms with van der Waals surface area (Å²) in [5.41, 5.74) is 2.48. The number of hydrogen-bond donors (Lipinski definition) is 1. The van der Waals surface area contributed by atoms with E-state index in [9.17, 15) is 9.90 Å². The van der Waals surface area contributed by atoms with Crippen LogP contribution in [-0.4, -0.2) is 18.2 Å². The standard InChI is InChI=1S/C18H24O3/c1-21-16-9-5-8-14-13(16)10-11-15(18(19)20)17(14)12-6-3-2-4-7-12/h5,8-9,12,15,17H,2-4,6-7,10-11H2,1H3,(H,19,20). The molecular weight excluding hydrogens is 264 g/mol. The molecule has 2 aliphatic carbocycles. The van der Waals surface area contributed by atoms with E-state index in [1.165, 1.54) is 43.2 Å². The molecule has 1 aromatic carbocycles. The van der Waals surface area contributed by atoms with Gasteiger partial charge in [-0.1, -0.05) is 31.4 Å². The summed E-state index contributed by atoms with van der Waals surface area (Å²) < 4.78 is 5.50. The molecule has 2 unspecified atom stereocenters. The topological polar surface area (TPSA) is 46.5 Å². The molecule has 1 saturated carbocycles. The van der Waals surface area contributed by atoms with Crippen molar-refractivity contribution in [3.05, 3.63) is 29.3 Å². The first-order chi connectivity index (χ1) is 10.2. The zero-order valence-electron chi connectivity index (χ0n) is 12.7. The average molecular weight is 288 g/mol. The van der Waals surface area contributed by atoms with Crippen molar-refractivity contribution < 1.29 is 14.6 Å². The van der Waals surface area contributed by atoms with Gasteiger partial charge in [0.2, 0.25) is 0 Å². The Morgan fingerprint density at radius 1 is 1.19 bits per heavy atom. The molecule has 0 radical (unpaired) electrons. The lowest BCUT2D eigenvalue weighted by molar-refractivity contribution is -0.143. The lowest BCUT2D eigenvalue weighted by Crippen LogP contribution is -2.33. The molecule has 0 bridgehead atoms. The van der Waals surface area contributed by atoms with Crippen LogP contribution in [0.1, 0.15) is 55.6 Å². The van der Waals surface area contributed by atoms with Gasteiger partial charge in [-0.2, -0.15) is 0 Å². The molecule has 0 aromatic heterocycles. The van der Waals surface area contributed by atoms with E-state index in [2.05, 4.69) is 6.07 Å². The Kier molecular flexibility index (Phi) is 4.18. The van der Waals surface area contributed by atoms with Crippen molar-refractivity contribution in [2.24, 2.45) is 11.8 Å². The lowest BCUT2D eigenvalue weighted by Gasteiger charge is -2.39. The highest BCUT2D eigenvalue weighted by molar-refractivity contribution is 5.72. The van der Waals surface area contributed by atoms with E-state index in [1.54, 1.807) is 7.11 Å². The molecule has 0 saturated heterocycles. The van der Waals surface area contributed by atoms with E-state index in [0.29, 0.717) is 5.92 Å². The molecule has 3 nitrogen and oxygen atoms in total. The van der Waals surface area contributed by atoms with E-state index >= 15 is 0 Å². The SMILES string of the molecule is COc1cccc2c1CCC(C(=O)O)C2C1CCCCC1. The van der Waals surface area contributed by atoms with E-state index in [1.807, 2.05) is 12.1 Å². The first kappa shape index (κ1) is 14.4. The quantitative estimate of drug-likeness (QED) is 0.914. The van der Waals surface area contributed by atoms with E-state index in [0.717, 1.165) is 18.6 Å². The van der Waals surface area contributed by atoms with E-state index < -0.39 is 5.97 Å². The summed E-state index contributed by atoms with van der Waals surface area (Å²) in [6, 6.07) is 6.14. The molecule has 1 aromatic rings. The molecule has 3 heteroatoms. The highest BCUT2D eigenvalue weighted by atomic mass is 16.5. The molecule has 0 heterocycles. The van der Waals surface area contributed by atoms with Crippen LogP contribution in [0.3, 0.4) is 0 Å². The van der Waals surface area contributed by atoms with Gasteiger partial charge in [-0.3, -0.25) is 4.79 Å². The number of ether oxygens (including phenoxy) is 1. The third kappa shape index (κ3) is 2.66. The van der Waals surface area contributed by atoms with Crippen LogP contribution in [0.2, 0.25) is 0 Å². The van der Waals surface area contributed by atoms with Gasteiger partial charge in [-0.25, -0.2) is 0 Å². The number of carboxylic acids is 1. The van der Waals surface area contributed by atoms with Crippen molar-refractivity contribution in [3.63, 3.8) is 0 Å². The second kappa shape index (κ2) is 6.08. The molecule has 21 heavy (non-hydrogen) atoms. The zero-order chi connectivity index (χ0) is 14.8. The normalized spacial score (nSPS) is 26.1. The van der Waals surface area contributed by atoms with Gasteiger partial charge in [0.25, 0.3) is 0 Å². The van der Waals surface area contributed by atoms with Crippen LogP contribution in [0.4, 0.5) is 0 Å². The van der Waals surface area contributed by atoms with Crippen LogP contribution in [0.5, 0.6) is 5.75 Å². The number of rotatable bonds is 3. The summed E-state index contributed by atoms with van der Waals surface area (Å²) in [4.78, 5) is 11.7. The molecule has 0 amide bonds. The monoisotopic (exact) mass is 288 g/mol. The van der Waals surface area contributed by atoms with E-state index in [4.69, 9.17) is 4.74 Å². The number of hydrogen-bond acceptors (Lipinski definition) is 2. The summed E-state index contributed by atoms with van der Waals surface area (Å²) in [5, 5.41) is 9.66. The Balaban J connectivity index is 2.01. The summed E-state index contributed by atoms with van der Waals surface area (Å²) in [5.74, 6) is 0.761. The molecule has 3 rings (SSSR count). The van der Waals surface area contributed by atoms with Gasteiger partial charge in [0, 0.05) is 5.92 Å². The first-order valence-corrected chi connectivity index (χ1v) is 8.11. The third-order valence-electron chi connectivity index (χ3n) is 5.36. The highest BCUT2D eigenvalue weighted by Gasteiger charge is 2.40. The van der Waals surface area contributed by atoms with Gasteiger partial charge >= 0.3 is 5.97 Å². The first-order valence-electron chi connectivity index (χ1n) is 8.11. The fourth-order valence-electron chi connectivity index (χ4n) is 4.40. The summed E-state index contributed by atoms with van der Waals surface area (Å²) >= 11 is 0. The van der Waals surface area contributed by atoms with Crippen molar-refractivity contribution in [2.45, 2.75) is 50.9 Å². The molecule has 0 aliphatic heterocycles. The largest absolute Gasteiger partial charge is 0.496 e. The lowest BCUT2D eigenvalue weighted by atomic mass is 9.65. The number of carboxylic acid groups (broad SMARTS) is 1. The maximum atomic E-state index is 11.7. The van der Waals surface area contributed by atoms with Gasteiger partial charge in [0.05, 0.1) is 13.0 Å². The average Bonchev–Trinajstić information content (AvgIpc) is 2.53. The molecule has 1 fully saturated rings. The molecule has 1 N–H and O–H groups in total. The minimum atomic E-state index is -0.626. The fraction of sp³-hybridized carbons (Fsp3) is 0.611. The summed E-state index contributed by atoms with van der Waals surface area (Å²) in [6.45, 7) is 0. The van der Waals surface area contributed by atoms with Gasteiger partial charge < -0.3 is 9.84 Å². The Morgan fingerprint density at radius 3 is 2.62 bits per heavy atom.